The van der Waals surface area contributed by atoms with Gasteiger partial charge in [0.1, 0.15) is 10.9 Å². The van der Waals surface area contributed by atoms with Crippen molar-refractivity contribution >= 4 is 27.6 Å². The van der Waals surface area contributed by atoms with E-state index in [2.05, 4.69) is 0 Å². The molecular formula is C13H16ClNO4S. The average Bonchev–Trinajstić information content (AvgIpc) is 2.65. The zero-order valence-corrected chi connectivity index (χ0v) is 12.4. The van der Waals surface area contributed by atoms with Crippen LogP contribution in [0, 0.1) is 0 Å². The Morgan fingerprint density at radius 2 is 1.95 bits per heavy atom. The van der Waals surface area contributed by atoms with Gasteiger partial charge in [-0.3, -0.25) is 4.79 Å². The maximum Gasteiger partial charge on any atom is 0.322 e. The maximum absolute atomic E-state index is 12.7. The van der Waals surface area contributed by atoms with Crippen LogP contribution in [0.25, 0.3) is 0 Å². The largest absolute Gasteiger partial charge is 0.480 e. The molecule has 0 aliphatic carbocycles. The number of hydrogen-bond acceptors (Lipinski definition) is 3. The number of benzene rings is 1. The normalized spacial score (nSPS) is 21.4. The Bertz CT molecular complexity index is 602. The van der Waals surface area contributed by atoms with E-state index in [0.29, 0.717) is 19.3 Å². The highest BCUT2D eigenvalue weighted by Crippen LogP contribution is 2.29. The number of carboxylic acids is 1. The van der Waals surface area contributed by atoms with Gasteiger partial charge in [-0.25, -0.2) is 8.42 Å². The molecule has 1 fully saturated rings. The molecule has 0 amide bonds. The highest BCUT2D eigenvalue weighted by Gasteiger charge is 2.37. The first kappa shape index (κ1) is 15.3. The van der Waals surface area contributed by atoms with E-state index in [9.17, 15) is 18.3 Å². The van der Waals surface area contributed by atoms with Crippen LogP contribution in [-0.4, -0.2) is 36.4 Å². The molecule has 1 heterocycles. The topological polar surface area (TPSA) is 74.7 Å². The minimum Gasteiger partial charge on any atom is -0.480 e. The van der Waals surface area contributed by atoms with Gasteiger partial charge in [0, 0.05) is 6.54 Å². The molecule has 1 atom stereocenters. The third-order valence-electron chi connectivity index (χ3n) is 3.41. The number of hydrogen-bond donors (Lipinski definition) is 1. The molecule has 0 saturated carbocycles. The molecular weight excluding hydrogens is 302 g/mol. The van der Waals surface area contributed by atoms with E-state index in [0.717, 1.165) is 10.7 Å². The van der Waals surface area contributed by atoms with Crippen molar-refractivity contribution in [2.24, 2.45) is 0 Å². The smallest absolute Gasteiger partial charge is 0.322 e. The van der Waals surface area contributed by atoms with Crippen molar-refractivity contribution in [1.29, 1.82) is 0 Å². The summed E-state index contributed by atoms with van der Waals surface area (Å²) in [6.45, 7) is 0.213. The summed E-state index contributed by atoms with van der Waals surface area (Å²) in [5.74, 6) is -1.11. The Morgan fingerprint density at radius 1 is 1.25 bits per heavy atom. The fourth-order valence-corrected chi connectivity index (χ4v) is 4.54. The lowest BCUT2D eigenvalue weighted by molar-refractivity contribution is -0.141. The minimum absolute atomic E-state index is 0.0326. The van der Waals surface area contributed by atoms with Crippen LogP contribution in [0.4, 0.5) is 0 Å². The first-order chi connectivity index (χ1) is 9.44. The van der Waals surface area contributed by atoms with E-state index >= 15 is 0 Å². The van der Waals surface area contributed by atoms with Crippen LogP contribution in [0.2, 0.25) is 5.02 Å². The Morgan fingerprint density at radius 3 is 2.60 bits per heavy atom. The molecule has 1 aromatic rings. The van der Waals surface area contributed by atoms with Crippen LogP contribution >= 0.6 is 11.6 Å². The van der Waals surface area contributed by atoms with Gasteiger partial charge in [0.2, 0.25) is 10.0 Å². The van der Waals surface area contributed by atoms with Gasteiger partial charge in [0.05, 0.1) is 5.02 Å². The summed E-state index contributed by atoms with van der Waals surface area (Å²) in [4.78, 5) is 11.3. The van der Waals surface area contributed by atoms with Crippen LogP contribution in [-0.2, 0) is 14.8 Å². The predicted octanol–water partition coefficient (Wildman–Crippen LogP) is 2.36. The van der Waals surface area contributed by atoms with Gasteiger partial charge >= 0.3 is 5.97 Å². The molecule has 0 radical (unpaired) electrons. The molecule has 1 aliphatic rings. The Labute approximate surface area is 123 Å². The lowest BCUT2D eigenvalue weighted by Crippen LogP contribution is -2.44. The Hall–Kier alpha value is -1.11. The Balaban J connectivity index is 2.45. The minimum atomic E-state index is -3.89. The molecule has 1 N–H and O–H groups in total. The van der Waals surface area contributed by atoms with Gasteiger partial charge in [0.25, 0.3) is 0 Å². The second-order valence-corrected chi connectivity index (χ2v) is 7.02. The lowest BCUT2D eigenvalue weighted by atomic mass is 10.1. The van der Waals surface area contributed by atoms with E-state index in [1.165, 1.54) is 12.1 Å². The van der Waals surface area contributed by atoms with Crippen molar-refractivity contribution in [2.45, 2.75) is 36.6 Å². The van der Waals surface area contributed by atoms with Crippen molar-refractivity contribution < 1.29 is 18.3 Å². The molecule has 1 unspecified atom stereocenters. The molecule has 0 bridgehead atoms. The molecule has 0 spiro atoms. The van der Waals surface area contributed by atoms with Crippen molar-refractivity contribution in [3.8, 4) is 0 Å². The van der Waals surface area contributed by atoms with E-state index in [4.69, 9.17) is 11.6 Å². The second kappa shape index (κ2) is 6.11. The third kappa shape index (κ3) is 2.97. The predicted molar refractivity (Wildman–Crippen MR) is 75.2 cm³/mol. The second-order valence-electron chi connectivity index (χ2n) is 4.75. The summed E-state index contributed by atoms with van der Waals surface area (Å²) in [7, 11) is -3.89. The lowest BCUT2D eigenvalue weighted by Gasteiger charge is -2.26. The first-order valence-corrected chi connectivity index (χ1v) is 8.25. The van der Waals surface area contributed by atoms with Crippen LogP contribution in [0.15, 0.2) is 29.2 Å². The fourth-order valence-electron chi connectivity index (χ4n) is 2.40. The van der Waals surface area contributed by atoms with Gasteiger partial charge < -0.3 is 5.11 Å². The molecule has 110 valence electrons. The molecule has 5 nitrogen and oxygen atoms in total. The van der Waals surface area contributed by atoms with E-state index < -0.39 is 22.0 Å². The molecule has 20 heavy (non-hydrogen) atoms. The molecule has 1 saturated heterocycles. The van der Waals surface area contributed by atoms with E-state index in [1.807, 2.05) is 0 Å². The summed E-state index contributed by atoms with van der Waals surface area (Å²) in [5, 5.41) is 9.39. The summed E-state index contributed by atoms with van der Waals surface area (Å²) in [6, 6.07) is 5.09. The summed E-state index contributed by atoms with van der Waals surface area (Å²) < 4.78 is 26.4. The monoisotopic (exact) mass is 317 g/mol. The van der Waals surface area contributed by atoms with Gasteiger partial charge in [-0.1, -0.05) is 36.6 Å². The van der Waals surface area contributed by atoms with Crippen molar-refractivity contribution in [2.75, 3.05) is 6.54 Å². The number of carbonyl (C=O) groups is 1. The number of aliphatic carboxylic acids is 1. The van der Waals surface area contributed by atoms with Crippen LogP contribution in [0.5, 0.6) is 0 Å². The average molecular weight is 318 g/mol. The zero-order chi connectivity index (χ0) is 14.8. The number of carboxylic acid groups (broad SMARTS) is 1. The first-order valence-electron chi connectivity index (χ1n) is 6.44. The van der Waals surface area contributed by atoms with Crippen LogP contribution in [0.1, 0.15) is 25.7 Å². The van der Waals surface area contributed by atoms with Gasteiger partial charge in [0.15, 0.2) is 0 Å². The van der Waals surface area contributed by atoms with E-state index in [-0.39, 0.29) is 16.5 Å². The van der Waals surface area contributed by atoms with Crippen molar-refractivity contribution in [3.05, 3.63) is 29.3 Å². The van der Waals surface area contributed by atoms with Crippen LogP contribution < -0.4 is 0 Å². The number of sulfonamides is 1. The quantitative estimate of drug-likeness (QED) is 0.928. The molecule has 2 rings (SSSR count). The van der Waals surface area contributed by atoms with Gasteiger partial charge in [-0.15, -0.1) is 0 Å². The van der Waals surface area contributed by atoms with Crippen molar-refractivity contribution in [1.82, 2.24) is 4.31 Å². The zero-order valence-electron chi connectivity index (χ0n) is 10.8. The number of halogens is 1. The summed E-state index contributed by atoms with van der Waals surface area (Å²) in [5.41, 5.74) is 0. The standard InChI is InChI=1S/C13H16ClNO4S/c14-10-6-3-4-8-12(10)20(18,19)15-9-5-1-2-7-11(15)13(16)17/h3-4,6,8,11H,1-2,5,7,9H2,(H,16,17). The summed E-state index contributed by atoms with van der Waals surface area (Å²) >= 11 is 5.94. The molecule has 0 aromatic heterocycles. The molecule has 1 aromatic carbocycles. The van der Waals surface area contributed by atoms with Crippen LogP contribution in [0.3, 0.4) is 0 Å². The fraction of sp³-hybridized carbons (Fsp3) is 0.462. The summed E-state index contributed by atoms with van der Waals surface area (Å²) in [6.07, 6.45) is 2.54. The van der Waals surface area contributed by atoms with E-state index in [1.54, 1.807) is 12.1 Å². The maximum atomic E-state index is 12.7. The molecule has 1 aliphatic heterocycles. The highest BCUT2D eigenvalue weighted by atomic mass is 35.5. The SMILES string of the molecule is O=C(O)C1CCCCCN1S(=O)(=O)c1ccccc1Cl. The van der Waals surface area contributed by atoms with Gasteiger partial charge in [-0.05, 0) is 25.0 Å². The number of rotatable bonds is 3. The third-order valence-corrected chi connectivity index (χ3v) is 5.82. The molecule has 7 heteroatoms. The number of nitrogens with zero attached hydrogens (tertiary/aromatic N) is 1. The Kier molecular flexibility index (Phi) is 4.67. The highest BCUT2D eigenvalue weighted by molar-refractivity contribution is 7.89. The van der Waals surface area contributed by atoms with Gasteiger partial charge in [-0.2, -0.15) is 4.31 Å². The van der Waals surface area contributed by atoms with Crippen molar-refractivity contribution in [3.63, 3.8) is 0 Å².